The average Bonchev–Trinajstić information content (AvgIpc) is 3.14. The zero-order valence-corrected chi connectivity index (χ0v) is 14.9. The minimum absolute atomic E-state index is 0.00124. The molecule has 26 heavy (non-hydrogen) atoms. The van der Waals surface area contributed by atoms with E-state index in [1.807, 2.05) is 56.4 Å². The van der Waals surface area contributed by atoms with Gasteiger partial charge < -0.3 is 10.4 Å². The second kappa shape index (κ2) is 7.49. The molecule has 0 aliphatic rings. The maximum Gasteiger partial charge on any atom is 0.229 e. The molecule has 134 valence electrons. The first kappa shape index (κ1) is 17.8. The fourth-order valence-corrected chi connectivity index (χ4v) is 2.48. The Kier molecular flexibility index (Phi) is 5.14. The lowest BCUT2D eigenvalue weighted by Crippen LogP contribution is -2.30. The van der Waals surface area contributed by atoms with E-state index in [0.29, 0.717) is 12.2 Å². The molecule has 0 spiro atoms. The lowest BCUT2D eigenvalue weighted by Gasteiger charge is -2.22. The van der Waals surface area contributed by atoms with Gasteiger partial charge in [0.25, 0.3) is 0 Å². The van der Waals surface area contributed by atoms with Crippen LogP contribution in [0, 0.1) is 0 Å². The maximum absolute atomic E-state index is 12.1. The minimum atomic E-state index is -0.461. The van der Waals surface area contributed by atoms with Gasteiger partial charge in [-0.1, -0.05) is 30.3 Å². The van der Waals surface area contributed by atoms with Crippen molar-refractivity contribution in [3.05, 3.63) is 66.6 Å². The fourth-order valence-electron chi connectivity index (χ4n) is 2.48. The van der Waals surface area contributed by atoms with Gasteiger partial charge in [-0.05, 0) is 31.5 Å². The van der Waals surface area contributed by atoms with Crippen molar-refractivity contribution in [2.75, 3.05) is 11.9 Å². The lowest BCUT2D eigenvalue weighted by molar-refractivity contribution is -0.115. The molecule has 3 aromatic rings. The molecule has 0 fully saturated rings. The van der Waals surface area contributed by atoms with Crippen LogP contribution in [0.15, 0.2) is 61.1 Å². The smallest absolute Gasteiger partial charge is 0.229 e. The summed E-state index contributed by atoms with van der Waals surface area (Å²) in [5.74, 6) is 0.409. The predicted octanol–water partition coefficient (Wildman–Crippen LogP) is 2.85. The van der Waals surface area contributed by atoms with E-state index in [2.05, 4.69) is 15.4 Å². The van der Waals surface area contributed by atoms with Crippen molar-refractivity contribution < 1.29 is 9.90 Å². The number of pyridine rings is 1. The van der Waals surface area contributed by atoms with Gasteiger partial charge in [0.2, 0.25) is 5.91 Å². The minimum Gasteiger partial charge on any atom is -0.394 e. The van der Waals surface area contributed by atoms with E-state index in [9.17, 15) is 9.90 Å². The molecule has 6 nitrogen and oxygen atoms in total. The molecule has 1 amide bonds. The average molecular weight is 350 g/mol. The third-order valence-electron chi connectivity index (χ3n) is 4.16. The third kappa shape index (κ3) is 4.15. The number of rotatable bonds is 6. The van der Waals surface area contributed by atoms with Gasteiger partial charge in [-0.15, -0.1) is 0 Å². The Morgan fingerprint density at radius 3 is 2.54 bits per heavy atom. The van der Waals surface area contributed by atoms with Crippen molar-refractivity contribution in [3.63, 3.8) is 0 Å². The number of hydrogen-bond donors (Lipinski definition) is 2. The summed E-state index contributed by atoms with van der Waals surface area (Å²) in [7, 11) is 0. The lowest BCUT2D eigenvalue weighted by atomic mass is 10.1. The molecule has 3 rings (SSSR count). The standard InChI is InChI=1S/C20H22N4O2/c1-20(2,14-25)24-13-17(12-22-24)16-8-9-18(21-11-16)23-19(26)10-15-6-4-3-5-7-15/h3-9,11-13,25H,10,14H2,1-2H3,(H,21,23,26). The molecule has 6 heteroatoms. The summed E-state index contributed by atoms with van der Waals surface area (Å²) in [6.45, 7) is 3.82. The highest BCUT2D eigenvalue weighted by atomic mass is 16.3. The molecule has 2 N–H and O–H groups in total. The van der Waals surface area contributed by atoms with Gasteiger partial charge in [-0.25, -0.2) is 4.98 Å². The number of aromatic nitrogens is 3. The van der Waals surface area contributed by atoms with E-state index >= 15 is 0 Å². The molecule has 0 saturated heterocycles. The van der Waals surface area contributed by atoms with Crippen molar-refractivity contribution in [1.29, 1.82) is 0 Å². The number of amides is 1. The monoisotopic (exact) mass is 350 g/mol. The number of aliphatic hydroxyl groups is 1. The summed E-state index contributed by atoms with van der Waals surface area (Å²) in [4.78, 5) is 16.4. The molecule has 2 heterocycles. The van der Waals surface area contributed by atoms with Gasteiger partial charge in [-0.3, -0.25) is 9.48 Å². The van der Waals surface area contributed by atoms with Crippen molar-refractivity contribution >= 4 is 11.7 Å². The number of benzene rings is 1. The Labute approximate surface area is 152 Å². The highest BCUT2D eigenvalue weighted by Crippen LogP contribution is 2.22. The summed E-state index contributed by atoms with van der Waals surface area (Å²) in [5.41, 5.74) is 2.30. The first-order valence-corrected chi connectivity index (χ1v) is 8.44. The van der Waals surface area contributed by atoms with Gasteiger partial charge in [0, 0.05) is 23.5 Å². The van der Waals surface area contributed by atoms with Crippen LogP contribution in [-0.2, 0) is 16.8 Å². The highest BCUT2D eigenvalue weighted by Gasteiger charge is 2.20. The van der Waals surface area contributed by atoms with Gasteiger partial charge in [0.1, 0.15) is 5.82 Å². The normalized spacial score (nSPS) is 11.3. The van der Waals surface area contributed by atoms with Gasteiger partial charge >= 0.3 is 0 Å². The zero-order valence-electron chi connectivity index (χ0n) is 14.9. The van der Waals surface area contributed by atoms with Crippen LogP contribution in [0.3, 0.4) is 0 Å². The van der Waals surface area contributed by atoms with E-state index < -0.39 is 5.54 Å². The molecule has 0 aliphatic heterocycles. The molecule has 0 unspecified atom stereocenters. The maximum atomic E-state index is 12.1. The second-order valence-corrected chi connectivity index (χ2v) is 6.79. The summed E-state index contributed by atoms with van der Waals surface area (Å²) in [6.07, 6.45) is 5.63. The number of hydrogen-bond acceptors (Lipinski definition) is 4. The van der Waals surface area contributed by atoms with Crippen LogP contribution < -0.4 is 5.32 Å². The van der Waals surface area contributed by atoms with Crippen LogP contribution in [0.25, 0.3) is 11.1 Å². The molecular formula is C20H22N4O2. The first-order valence-electron chi connectivity index (χ1n) is 8.44. The number of carbonyl (C=O) groups is 1. The molecule has 0 radical (unpaired) electrons. The molecule has 1 aromatic carbocycles. The Morgan fingerprint density at radius 2 is 1.88 bits per heavy atom. The SMILES string of the molecule is CC(C)(CO)n1cc(-c2ccc(NC(=O)Cc3ccccc3)nc2)cn1. The Balaban J connectivity index is 1.66. The second-order valence-electron chi connectivity index (χ2n) is 6.79. The van der Waals surface area contributed by atoms with Crippen LogP contribution in [0.1, 0.15) is 19.4 Å². The van der Waals surface area contributed by atoms with Gasteiger partial charge in [-0.2, -0.15) is 5.10 Å². The summed E-state index contributed by atoms with van der Waals surface area (Å²) in [6, 6.07) is 13.2. The zero-order chi connectivity index (χ0) is 18.6. The van der Waals surface area contributed by atoms with Gasteiger partial charge in [0.05, 0.1) is 24.8 Å². The van der Waals surface area contributed by atoms with E-state index in [1.54, 1.807) is 23.1 Å². The Morgan fingerprint density at radius 1 is 1.12 bits per heavy atom. The molecule has 2 aromatic heterocycles. The van der Waals surface area contributed by atoms with E-state index in [4.69, 9.17) is 0 Å². The Bertz CT molecular complexity index is 870. The number of nitrogens with zero attached hydrogens (tertiary/aromatic N) is 3. The van der Waals surface area contributed by atoms with E-state index in [1.165, 1.54) is 0 Å². The first-order chi connectivity index (χ1) is 12.5. The highest BCUT2D eigenvalue weighted by molar-refractivity contribution is 5.91. The largest absolute Gasteiger partial charge is 0.394 e. The summed E-state index contributed by atoms with van der Waals surface area (Å²) >= 11 is 0. The fraction of sp³-hybridized carbons (Fsp3) is 0.250. The van der Waals surface area contributed by atoms with Crippen molar-refractivity contribution in [2.45, 2.75) is 25.8 Å². The number of anilines is 1. The molecule has 0 saturated carbocycles. The van der Waals surface area contributed by atoms with Crippen molar-refractivity contribution in [1.82, 2.24) is 14.8 Å². The third-order valence-corrected chi connectivity index (χ3v) is 4.16. The quantitative estimate of drug-likeness (QED) is 0.716. The molecular weight excluding hydrogens is 328 g/mol. The van der Waals surface area contributed by atoms with Crippen molar-refractivity contribution in [3.8, 4) is 11.1 Å². The molecule has 0 bridgehead atoms. The van der Waals surface area contributed by atoms with Crippen LogP contribution in [0.4, 0.5) is 5.82 Å². The molecule has 0 atom stereocenters. The Hall–Kier alpha value is -2.99. The van der Waals surface area contributed by atoms with Crippen LogP contribution in [0.5, 0.6) is 0 Å². The number of carbonyl (C=O) groups excluding carboxylic acids is 1. The van der Waals surface area contributed by atoms with Crippen molar-refractivity contribution in [2.24, 2.45) is 0 Å². The molecule has 0 aliphatic carbocycles. The topological polar surface area (TPSA) is 80.0 Å². The van der Waals surface area contributed by atoms with Crippen LogP contribution in [-0.4, -0.2) is 32.4 Å². The van der Waals surface area contributed by atoms with E-state index in [-0.39, 0.29) is 12.5 Å². The summed E-state index contributed by atoms with van der Waals surface area (Å²) in [5, 5.41) is 16.6. The number of aliphatic hydroxyl groups excluding tert-OH is 1. The van der Waals surface area contributed by atoms with Crippen LogP contribution >= 0.6 is 0 Å². The summed E-state index contributed by atoms with van der Waals surface area (Å²) < 4.78 is 1.73. The van der Waals surface area contributed by atoms with Crippen LogP contribution in [0.2, 0.25) is 0 Å². The van der Waals surface area contributed by atoms with E-state index in [0.717, 1.165) is 16.7 Å². The van der Waals surface area contributed by atoms with Gasteiger partial charge in [0.15, 0.2) is 0 Å². The predicted molar refractivity (Wildman–Crippen MR) is 101 cm³/mol. The number of nitrogens with one attached hydrogen (secondary N) is 1.